The molecule has 0 saturated heterocycles. The molecular formula is C13H18O. The van der Waals surface area contributed by atoms with Gasteiger partial charge in [-0.05, 0) is 68.2 Å². The fourth-order valence-electron chi connectivity index (χ4n) is 1.99. The van der Waals surface area contributed by atoms with Crippen molar-refractivity contribution >= 4 is 0 Å². The molecule has 0 heterocycles. The maximum Gasteiger partial charge on any atom is 0.122 e. The molecule has 0 unspecified atom stereocenters. The molecule has 0 aromatic heterocycles. The van der Waals surface area contributed by atoms with Gasteiger partial charge in [-0.15, -0.1) is 0 Å². The highest BCUT2D eigenvalue weighted by Gasteiger charge is 2.24. The predicted octanol–water partition coefficient (Wildman–Crippen LogP) is 3.27. The summed E-state index contributed by atoms with van der Waals surface area (Å²) in [6, 6.07) is 2.19. The number of aromatic hydroxyl groups is 1. The quantitative estimate of drug-likeness (QED) is 0.758. The van der Waals surface area contributed by atoms with E-state index < -0.39 is 0 Å². The summed E-state index contributed by atoms with van der Waals surface area (Å²) in [5, 5.41) is 10.0. The number of hydrogen-bond acceptors (Lipinski definition) is 1. The third-order valence-corrected chi connectivity index (χ3v) is 3.33. The Morgan fingerprint density at radius 3 is 2.43 bits per heavy atom. The molecular weight excluding hydrogens is 172 g/mol. The Bertz CT molecular complexity index is 362. The van der Waals surface area contributed by atoms with E-state index in [1.54, 1.807) is 0 Å². The Labute approximate surface area is 85.8 Å². The van der Waals surface area contributed by atoms with Crippen molar-refractivity contribution in [3.8, 4) is 5.75 Å². The molecule has 0 spiro atoms. The highest BCUT2D eigenvalue weighted by molar-refractivity contribution is 5.49. The van der Waals surface area contributed by atoms with E-state index in [0.717, 1.165) is 17.9 Å². The molecule has 0 bridgehead atoms. The lowest BCUT2D eigenvalue weighted by atomic mass is 9.95. The van der Waals surface area contributed by atoms with Crippen molar-refractivity contribution in [1.82, 2.24) is 0 Å². The summed E-state index contributed by atoms with van der Waals surface area (Å²) >= 11 is 0. The fraction of sp³-hybridized carbons (Fsp3) is 0.538. The van der Waals surface area contributed by atoms with Gasteiger partial charge in [-0.3, -0.25) is 0 Å². The number of benzene rings is 1. The van der Waals surface area contributed by atoms with Gasteiger partial charge in [0, 0.05) is 0 Å². The minimum atomic E-state index is 0.536. The largest absolute Gasteiger partial charge is 0.507 e. The molecule has 1 aromatic rings. The first kappa shape index (κ1) is 9.57. The average Bonchev–Trinajstić information content (AvgIpc) is 2.92. The third-order valence-electron chi connectivity index (χ3n) is 3.33. The Morgan fingerprint density at radius 1 is 1.21 bits per heavy atom. The maximum atomic E-state index is 10.0. The van der Waals surface area contributed by atoms with Gasteiger partial charge in [0.25, 0.3) is 0 Å². The van der Waals surface area contributed by atoms with E-state index in [0.29, 0.717) is 5.75 Å². The first-order valence-electron chi connectivity index (χ1n) is 5.38. The molecule has 1 heteroatoms. The van der Waals surface area contributed by atoms with E-state index in [4.69, 9.17) is 0 Å². The zero-order chi connectivity index (χ0) is 10.3. The lowest BCUT2D eigenvalue weighted by molar-refractivity contribution is 0.461. The van der Waals surface area contributed by atoms with E-state index in [2.05, 4.69) is 19.9 Å². The summed E-state index contributed by atoms with van der Waals surface area (Å²) in [6.45, 7) is 6.16. The second kappa shape index (κ2) is 3.30. The van der Waals surface area contributed by atoms with Crippen LogP contribution in [0.1, 0.15) is 35.1 Å². The maximum absolute atomic E-state index is 10.0. The Morgan fingerprint density at radius 2 is 1.86 bits per heavy atom. The van der Waals surface area contributed by atoms with Gasteiger partial charge in [-0.25, -0.2) is 0 Å². The minimum Gasteiger partial charge on any atom is -0.507 e. The van der Waals surface area contributed by atoms with Gasteiger partial charge in [0.1, 0.15) is 5.75 Å². The molecule has 1 N–H and O–H groups in total. The van der Waals surface area contributed by atoms with Gasteiger partial charge in [-0.2, -0.15) is 0 Å². The molecule has 0 amide bonds. The van der Waals surface area contributed by atoms with Gasteiger partial charge >= 0.3 is 0 Å². The highest BCUT2D eigenvalue weighted by Crippen LogP contribution is 2.38. The van der Waals surface area contributed by atoms with E-state index in [1.807, 2.05) is 6.92 Å². The highest BCUT2D eigenvalue weighted by atomic mass is 16.3. The van der Waals surface area contributed by atoms with Crippen molar-refractivity contribution in [3.05, 3.63) is 28.3 Å². The second-order valence-electron chi connectivity index (χ2n) is 4.61. The van der Waals surface area contributed by atoms with E-state index in [-0.39, 0.29) is 0 Å². The van der Waals surface area contributed by atoms with Crippen LogP contribution in [-0.2, 0) is 6.42 Å². The Kier molecular flexibility index (Phi) is 2.26. The number of rotatable bonds is 2. The fourth-order valence-corrected chi connectivity index (χ4v) is 1.99. The lowest BCUT2D eigenvalue weighted by Gasteiger charge is -2.12. The summed E-state index contributed by atoms with van der Waals surface area (Å²) < 4.78 is 0. The molecule has 14 heavy (non-hydrogen) atoms. The zero-order valence-electron chi connectivity index (χ0n) is 9.22. The molecule has 76 valence electrons. The summed E-state index contributed by atoms with van der Waals surface area (Å²) in [6.07, 6.45) is 3.75. The van der Waals surface area contributed by atoms with Crippen LogP contribution < -0.4 is 0 Å². The van der Waals surface area contributed by atoms with Crippen LogP contribution in [0.15, 0.2) is 6.07 Å². The van der Waals surface area contributed by atoms with Crippen LogP contribution in [0.5, 0.6) is 5.75 Å². The second-order valence-corrected chi connectivity index (χ2v) is 4.61. The van der Waals surface area contributed by atoms with Gasteiger partial charge in [0.15, 0.2) is 0 Å². The van der Waals surface area contributed by atoms with Crippen LogP contribution in [0.25, 0.3) is 0 Å². The predicted molar refractivity (Wildman–Crippen MR) is 58.7 cm³/mol. The normalized spacial score (nSPS) is 15.9. The summed E-state index contributed by atoms with van der Waals surface area (Å²) in [4.78, 5) is 0. The average molecular weight is 190 g/mol. The SMILES string of the molecule is Cc1cc(C)c(CC2CC2)c(O)c1C. The summed E-state index contributed by atoms with van der Waals surface area (Å²) in [7, 11) is 0. The number of hydrogen-bond donors (Lipinski definition) is 1. The van der Waals surface area contributed by atoms with E-state index in [1.165, 1.54) is 29.5 Å². The molecule has 0 atom stereocenters. The van der Waals surface area contributed by atoms with E-state index >= 15 is 0 Å². The van der Waals surface area contributed by atoms with Crippen LogP contribution in [0.4, 0.5) is 0 Å². The first-order chi connectivity index (χ1) is 6.59. The zero-order valence-corrected chi connectivity index (χ0v) is 9.22. The van der Waals surface area contributed by atoms with Crippen LogP contribution in [0, 0.1) is 26.7 Å². The molecule has 1 nitrogen and oxygen atoms in total. The van der Waals surface area contributed by atoms with E-state index in [9.17, 15) is 5.11 Å². The van der Waals surface area contributed by atoms with Gasteiger partial charge in [0.2, 0.25) is 0 Å². The molecule has 1 aromatic carbocycles. The molecule has 2 rings (SSSR count). The summed E-state index contributed by atoms with van der Waals surface area (Å²) in [5.74, 6) is 1.37. The molecule has 1 aliphatic carbocycles. The van der Waals surface area contributed by atoms with Gasteiger partial charge < -0.3 is 5.11 Å². The number of aryl methyl sites for hydroxylation is 2. The van der Waals surface area contributed by atoms with Crippen LogP contribution in [-0.4, -0.2) is 5.11 Å². The van der Waals surface area contributed by atoms with Crippen LogP contribution in [0.3, 0.4) is 0 Å². The monoisotopic (exact) mass is 190 g/mol. The van der Waals surface area contributed by atoms with Crippen LogP contribution in [0.2, 0.25) is 0 Å². The van der Waals surface area contributed by atoms with Gasteiger partial charge in [0.05, 0.1) is 0 Å². The topological polar surface area (TPSA) is 20.2 Å². The Hall–Kier alpha value is -0.980. The van der Waals surface area contributed by atoms with Crippen molar-refractivity contribution in [2.24, 2.45) is 5.92 Å². The molecule has 1 aliphatic rings. The smallest absolute Gasteiger partial charge is 0.122 e. The molecule has 0 radical (unpaired) electrons. The van der Waals surface area contributed by atoms with Crippen molar-refractivity contribution in [3.63, 3.8) is 0 Å². The first-order valence-corrected chi connectivity index (χ1v) is 5.38. The molecule has 1 fully saturated rings. The molecule has 1 saturated carbocycles. The third kappa shape index (κ3) is 1.63. The number of phenols is 1. The molecule has 0 aliphatic heterocycles. The van der Waals surface area contributed by atoms with Gasteiger partial charge in [-0.1, -0.05) is 6.07 Å². The lowest BCUT2D eigenvalue weighted by Crippen LogP contribution is -1.96. The standard InChI is InChI=1S/C13H18O/c1-8-6-9(2)12(7-11-4-5-11)13(14)10(8)3/h6,11,14H,4-5,7H2,1-3H3. The van der Waals surface area contributed by atoms with Crippen molar-refractivity contribution in [2.75, 3.05) is 0 Å². The summed E-state index contributed by atoms with van der Waals surface area (Å²) in [5.41, 5.74) is 4.67. The van der Waals surface area contributed by atoms with Crippen molar-refractivity contribution in [2.45, 2.75) is 40.0 Å². The van der Waals surface area contributed by atoms with Crippen LogP contribution >= 0.6 is 0 Å². The minimum absolute atomic E-state index is 0.536. The number of phenolic OH excluding ortho intramolecular Hbond substituents is 1. The van der Waals surface area contributed by atoms with Crippen molar-refractivity contribution in [1.29, 1.82) is 0 Å². The van der Waals surface area contributed by atoms with Crippen molar-refractivity contribution < 1.29 is 5.11 Å². The Balaban J connectivity index is 2.40.